The number of alkyl carbamates (subject to hydrolysis) is 1. The summed E-state index contributed by atoms with van der Waals surface area (Å²) in [5, 5.41) is 15.2. The third-order valence-corrected chi connectivity index (χ3v) is 13.5. The molecule has 0 unspecified atom stereocenters. The van der Waals surface area contributed by atoms with Gasteiger partial charge in [-0.05, 0) is 85.3 Å². The number of carbonyl (C=O) groups excluding carboxylic acids is 3. The SMILES string of the molecule is CC(C)(C)OC(=O)CC[C@H](NC(=O)OCC1c2ccccc2-c2ccccc21)C(=O)N[C@@H](Cc1ccc(O[Si](C)(C)C(C)(C)C)cc1)C(=O)O. The summed E-state index contributed by atoms with van der Waals surface area (Å²) in [5.74, 6) is -2.05. The molecule has 3 aromatic rings. The molecule has 0 saturated heterocycles. The second-order valence-electron chi connectivity index (χ2n) is 15.3. The molecule has 0 radical (unpaired) electrons. The molecule has 0 aliphatic heterocycles. The minimum absolute atomic E-state index is 0.00875. The summed E-state index contributed by atoms with van der Waals surface area (Å²) in [6.07, 6.45) is -1.19. The lowest BCUT2D eigenvalue weighted by Crippen LogP contribution is -2.52. The summed E-state index contributed by atoms with van der Waals surface area (Å²) >= 11 is 0. The molecule has 50 heavy (non-hydrogen) atoms. The molecular weight excluding hydrogens is 653 g/mol. The Hall–Kier alpha value is -4.64. The molecule has 1 aliphatic carbocycles. The molecule has 0 saturated carbocycles. The molecule has 268 valence electrons. The number of esters is 1. The molecule has 3 N–H and O–H groups in total. The second kappa shape index (κ2) is 15.5. The number of aliphatic carboxylic acids is 1. The summed E-state index contributed by atoms with van der Waals surface area (Å²) in [5.41, 5.74) is 4.15. The van der Waals surface area contributed by atoms with Crippen LogP contribution in [0.5, 0.6) is 5.75 Å². The molecule has 0 spiro atoms. The lowest BCUT2D eigenvalue weighted by Gasteiger charge is -2.36. The average molecular weight is 703 g/mol. The van der Waals surface area contributed by atoms with Crippen molar-refractivity contribution in [1.29, 1.82) is 0 Å². The van der Waals surface area contributed by atoms with Crippen LogP contribution in [0, 0.1) is 0 Å². The molecule has 0 aromatic heterocycles. The van der Waals surface area contributed by atoms with Crippen molar-refractivity contribution in [3.05, 3.63) is 89.5 Å². The van der Waals surface area contributed by atoms with Gasteiger partial charge in [-0.2, -0.15) is 0 Å². The number of amides is 2. The van der Waals surface area contributed by atoms with Gasteiger partial charge in [-0.1, -0.05) is 81.4 Å². The van der Waals surface area contributed by atoms with E-state index >= 15 is 0 Å². The fourth-order valence-electron chi connectivity index (χ4n) is 5.56. The molecule has 0 fully saturated rings. The zero-order chi connectivity index (χ0) is 36.9. The Bertz CT molecular complexity index is 1650. The number of hydrogen-bond donors (Lipinski definition) is 3. The maximum absolute atomic E-state index is 13.6. The van der Waals surface area contributed by atoms with Gasteiger partial charge in [-0.25, -0.2) is 9.59 Å². The number of carboxylic acids is 1. The molecule has 3 aromatic carbocycles. The Morgan fingerprint density at radius 3 is 1.88 bits per heavy atom. The van der Waals surface area contributed by atoms with Crippen molar-refractivity contribution < 1.29 is 38.2 Å². The minimum atomic E-state index is -2.06. The summed E-state index contributed by atoms with van der Waals surface area (Å²) < 4.78 is 17.4. The quantitative estimate of drug-likeness (QED) is 0.125. The first-order valence-electron chi connectivity index (χ1n) is 17.0. The van der Waals surface area contributed by atoms with Crippen LogP contribution in [0.4, 0.5) is 4.79 Å². The van der Waals surface area contributed by atoms with Gasteiger partial charge in [-0.15, -0.1) is 0 Å². The third kappa shape index (κ3) is 9.96. The van der Waals surface area contributed by atoms with Crippen molar-refractivity contribution >= 4 is 32.3 Å². The van der Waals surface area contributed by atoms with Gasteiger partial charge < -0.3 is 29.6 Å². The monoisotopic (exact) mass is 702 g/mol. The first kappa shape index (κ1) is 38.2. The first-order valence-corrected chi connectivity index (χ1v) is 19.9. The minimum Gasteiger partial charge on any atom is -0.544 e. The molecule has 2 atom stereocenters. The fraction of sp³-hybridized carbons (Fsp3) is 0.436. The van der Waals surface area contributed by atoms with Crippen LogP contribution < -0.4 is 15.1 Å². The standard InChI is InChI=1S/C39H50N2O8Si/c1-38(2,3)48-34(42)22-21-32(41-37(46)47-24-31-29-15-11-9-13-27(29)28-14-10-12-16-30(28)31)35(43)40-33(36(44)45)23-25-17-19-26(20-18-25)49-50(7,8)39(4,5)6/h9-20,31-33H,21-24H2,1-8H3,(H,40,43)(H,41,46)(H,44,45)/t32-,33-/m0/s1. The normalized spacial score (nSPS) is 14.1. The second-order valence-corrected chi connectivity index (χ2v) is 20.0. The molecule has 11 heteroatoms. The van der Waals surface area contributed by atoms with Crippen molar-refractivity contribution in [2.24, 2.45) is 0 Å². The van der Waals surface area contributed by atoms with Gasteiger partial charge >= 0.3 is 18.0 Å². The molecule has 10 nitrogen and oxygen atoms in total. The van der Waals surface area contributed by atoms with Gasteiger partial charge in [0.05, 0.1) is 0 Å². The average Bonchev–Trinajstić information content (AvgIpc) is 3.34. The van der Waals surface area contributed by atoms with E-state index in [0.717, 1.165) is 22.3 Å². The number of rotatable bonds is 13. The highest BCUT2D eigenvalue weighted by Gasteiger charge is 2.39. The van der Waals surface area contributed by atoms with Gasteiger partial charge in [0.15, 0.2) is 0 Å². The largest absolute Gasteiger partial charge is 0.544 e. The highest BCUT2D eigenvalue weighted by atomic mass is 28.4. The number of fused-ring (bicyclic) bond motifs is 3. The lowest BCUT2D eigenvalue weighted by atomic mass is 9.98. The third-order valence-electron chi connectivity index (χ3n) is 9.17. The van der Waals surface area contributed by atoms with E-state index in [-0.39, 0.29) is 36.8 Å². The Labute approximate surface area is 296 Å². The van der Waals surface area contributed by atoms with Gasteiger partial charge in [0.25, 0.3) is 0 Å². The van der Waals surface area contributed by atoms with Gasteiger partial charge in [-0.3, -0.25) is 9.59 Å². The Kier molecular flexibility index (Phi) is 11.8. The van der Waals surface area contributed by atoms with Crippen molar-refractivity contribution in [3.63, 3.8) is 0 Å². The van der Waals surface area contributed by atoms with E-state index in [0.29, 0.717) is 11.3 Å². The van der Waals surface area contributed by atoms with E-state index in [2.05, 4.69) is 44.5 Å². The summed E-state index contributed by atoms with van der Waals surface area (Å²) in [6, 6.07) is 20.4. The summed E-state index contributed by atoms with van der Waals surface area (Å²) in [7, 11) is -2.06. The van der Waals surface area contributed by atoms with E-state index in [4.69, 9.17) is 13.9 Å². The van der Waals surface area contributed by atoms with Crippen molar-refractivity contribution in [1.82, 2.24) is 10.6 Å². The fourth-order valence-corrected chi connectivity index (χ4v) is 6.59. The van der Waals surface area contributed by atoms with Gasteiger partial charge in [0.2, 0.25) is 14.2 Å². The predicted molar refractivity (Wildman–Crippen MR) is 195 cm³/mol. The maximum atomic E-state index is 13.6. The highest BCUT2D eigenvalue weighted by Crippen LogP contribution is 2.44. The maximum Gasteiger partial charge on any atom is 0.407 e. The topological polar surface area (TPSA) is 140 Å². The Morgan fingerprint density at radius 2 is 1.36 bits per heavy atom. The van der Waals surface area contributed by atoms with Crippen molar-refractivity contribution in [2.75, 3.05) is 6.61 Å². The van der Waals surface area contributed by atoms with E-state index in [1.54, 1.807) is 45.0 Å². The van der Waals surface area contributed by atoms with Crippen LogP contribution in [0.3, 0.4) is 0 Å². The Morgan fingerprint density at radius 1 is 0.800 bits per heavy atom. The van der Waals surface area contributed by atoms with Crippen LogP contribution in [0.1, 0.15) is 77.0 Å². The van der Waals surface area contributed by atoms with Crippen LogP contribution in [-0.4, -0.2) is 61.7 Å². The number of carbonyl (C=O) groups is 4. The van der Waals surface area contributed by atoms with E-state index in [1.807, 2.05) is 48.5 Å². The van der Waals surface area contributed by atoms with Gasteiger partial charge in [0, 0.05) is 18.8 Å². The van der Waals surface area contributed by atoms with Crippen LogP contribution in [0.25, 0.3) is 11.1 Å². The highest BCUT2D eigenvalue weighted by molar-refractivity contribution is 6.74. The smallest absolute Gasteiger partial charge is 0.407 e. The van der Waals surface area contributed by atoms with E-state index in [1.165, 1.54) is 0 Å². The van der Waals surface area contributed by atoms with Crippen LogP contribution in [0.2, 0.25) is 18.1 Å². The molecular formula is C39H50N2O8Si. The number of benzene rings is 3. The number of nitrogens with one attached hydrogen (secondary N) is 2. The molecule has 2 amide bonds. The van der Waals surface area contributed by atoms with E-state index < -0.39 is 49.9 Å². The summed E-state index contributed by atoms with van der Waals surface area (Å²) in [4.78, 5) is 51.6. The first-order chi connectivity index (χ1) is 23.3. The molecule has 0 heterocycles. The predicted octanol–water partition coefficient (Wildman–Crippen LogP) is 7.21. The van der Waals surface area contributed by atoms with Crippen LogP contribution >= 0.6 is 0 Å². The lowest BCUT2D eigenvalue weighted by molar-refractivity contribution is -0.155. The van der Waals surface area contributed by atoms with Gasteiger partial charge in [0.1, 0.15) is 30.0 Å². The zero-order valence-electron chi connectivity index (χ0n) is 30.3. The van der Waals surface area contributed by atoms with E-state index in [9.17, 15) is 24.3 Å². The molecule has 0 bridgehead atoms. The van der Waals surface area contributed by atoms with Crippen LogP contribution in [-0.2, 0) is 30.3 Å². The zero-order valence-corrected chi connectivity index (χ0v) is 31.3. The number of hydrogen-bond acceptors (Lipinski definition) is 7. The Balaban J connectivity index is 1.44. The molecule has 1 aliphatic rings. The van der Waals surface area contributed by atoms with Crippen molar-refractivity contribution in [3.8, 4) is 16.9 Å². The molecule has 4 rings (SSSR count). The number of carboxylic acid groups (broad SMARTS) is 1. The number of ether oxygens (including phenoxy) is 2. The summed E-state index contributed by atoms with van der Waals surface area (Å²) in [6.45, 7) is 16.0. The van der Waals surface area contributed by atoms with Crippen molar-refractivity contribution in [2.45, 2.75) is 103 Å². The van der Waals surface area contributed by atoms with Crippen LogP contribution in [0.15, 0.2) is 72.8 Å².